The van der Waals surface area contributed by atoms with Crippen molar-refractivity contribution >= 4 is 22.4 Å². The first-order valence-corrected chi connectivity index (χ1v) is 6.35. The molecule has 0 radical (unpaired) electrons. The standard InChI is InChI=1S/C11H19N3OS/c1-11(2,15-3)6-13-10-8(7-4-5-7)9(12)14-16-10/h7,13H,4-6H2,1-3H3,(H2,12,14). The van der Waals surface area contributed by atoms with E-state index in [0.717, 1.165) is 11.5 Å². The van der Waals surface area contributed by atoms with Crippen LogP contribution in [0.15, 0.2) is 0 Å². The number of nitrogen functional groups attached to an aromatic ring is 1. The van der Waals surface area contributed by atoms with E-state index in [4.69, 9.17) is 10.5 Å². The average molecular weight is 241 g/mol. The van der Waals surface area contributed by atoms with E-state index in [1.54, 1.807) is 7.11 Å². The summed E-state index contributed by atoms with van der Waals surface area (Å²) >= 11 is 1.45. The number of nitrogens with zero attached hydrogens (tertiary/aromatic N) is 1. The Morgan fingerprint density at radius 1 is 1.56 bits per heavy atom. The summed E-state index contributed by atoms with van der Waals surface area (Å²) in [6.45, 7) is 4.88. The van der Waals surface area contributed by atoms with Crippen LogP contribution in [0, 0.1) is 0 Å². The Bertz CT molecular complexity index is 371. The number of aromatic nitrogens is 1. The van der Waals surface area contributed by atoms with Crippen molar-refractivity contribution in [2.24, 2.45) is 0 Å². The molecule has 0 saturated heterocycles. The lowest BCUT2D eigenvalue weighted by molar-refractivity contribution is 0.0344. The van der Waals surface area contributed by atoms with E-state index >= 15 is 0 Å². The summed E-state index contributed by atoms with van der Waals surface area (Å²) in [5.41, 5.74) is 6.93. The molecule has 4 nitrogen and oxygen atoms in total. The number of methoxy groups -OCH3 is 1. The van der Waals surface area contributed by atoms with Gasteiger partial charge in [-0.2, -0.15) is 4.37 Å². The maximum Gasteiger partial charge on any atom is 0.142 e. The summed E-state index contributed by atoms with van der Waals surface area (Å²) in [6.07, 6.45) is 2.48. The lowest BCUT2D eigenvalue weighted by atomic mass is 10.1. The third-order valence-corrected chi connectivity index (χ3v) is 3.80. The molecule has 1 fully saturated rings. The van der Waals surface area contributed by atoms with Gasteiger partial charge in [-0.3, -0.25) is 0 Å². The Morgan fingerprint density at radius 2 is 2.25 bits per heavy atom. The first-order valence-electron chi connectivity index (χ1n) is 5.57. The summed E-state index contributed by atoms with van der Waals surface area (Å²) in [7, 11) is 1.73. The molecule has 90 valence electrons. The van der Waals surface area contributed by atoms with Gasteiger partial charge in [0.25, 0.3) is 0 Å². The largest absolute Gasteiger partial charge is 0.383 e. The number of hydrogen-bond acceptors (Lipinski definition) is 5. The number of nitrogens with one attached hydrogen (secondary N) is 1. The molecule has 0 aliphatic heterocycles. The van der Waals surface area contributed by atoms with Gasteiger partial charge in [0, 0.05) is 19.2 Å². The smallest absolute Gasteiger partial charge is 0.142 e. The van der Waals surface area contributed by atoms with Crippen LogP contribution in [-0.2, 0) is 4.74 Å². The van der Waals surface area contributed by atoms with Crippen LogP contribution in [0.2, 0.25) is 0 Å². The van der Waals surface area contributed by atoms with Crippen molar-refractivity contribution < 1.29 is 4.74 Å². The third-order valence-electron chi connectivity index (χ3n) is 2.97. The SMILES string of the molecule is COC(C)(C)CNc1snc(N)c1C1CC1. The summed E-state index contributed by atoms with van der Waals surface area (Å²) in [6, 6.07) is 0. The second-order valence-electron chi connectivity index (χ2n) is 4.90. The van der Waals surface area contributed by atoms with Gasteiger partial charge in [-0.1, -0.05) is 0 Å². The Kier molecular flexibility index (Phi) is 3.08. The predicted octanol–water partition coefficient (Wildman–Crippen LogP) is 2.44. The van der Waals surface area contributed by atoms with Gasteiger partial charge in [0.15, 0.2) is 0 Å². The van der Waals surface area contributed by atoms with E-state index in [2.05, 4.69) is 23.5 Å². The average Bonchev–Trinajstić information content (AvgIpc) is 3.01. The molecule has 0 spiro atoms. The van der Waals surface area contributed by atoms with E-state index < -0.39 is 0 Å². The first-order chi connectivity index (χ1) is 7.53. The molecule has 0 amide bonds. The molecular formula is C11H19N3OS. The van der Waals surface area contributed by atoms with Gasteiger partial charge in [-0.05, 0) is 44.1 Å². The number of ether oxygens (including phenoxy) is 1. The lowest BCUT2D eigenvalue weighted by Crippen LogP contribution is -2.32. The monoisotopic (exact) mass is 241 g/mol. The minimum absolute atomic E-state index is 0.167. The number of nitrogens with two attached hydrogens (primary N) is 1. The Balaban J connectivity index is 2.04. The number of anilines is 2. The molecule has 0 aromatic carbocycles. The van der Waals surface area contributed by atoms with Gasteiger partial charge in [0.05, 0.1) is 5.60 Å². The minimum Gasteiger partial charge on any atom is -0.383 e. The molecule has 1 heterocycles. The van der Waals surface area contributed by atoms with Crippen molar-refractivity contribution in [3.63, 3.8) is 0 Å². The van der Waals surface area contributed by atoms with E-state index in [9.17, 15) is 0 Å². The topological polar surface area (TPSA) is 60.2 Å². The highest BCUT2D eigenvalue weighted by molar-refractivity contribution is 7.10. The van der Waals surface area contributed by atoms with Gasteiger partial charge < -0.3 is 15.8 Å². The van der Waals surface area contributed by atoms with E-state index in [1.807, 2.05) is 0 Å². The van der Waals surface area contributed by atoms with Crippen LogP contribution < -0.4 is 11.1 Å². The van der Waals surface area contributed by atoms with Crippen LogP contribution in [0.25, 0.3) is 0 Å². The van der Waals surface area contributed by atoms with Gasteiger partial charge in [-0.25, -0.2) is 0 Å². The Labute approximate surface area is 100 Å². The zero-order valence-corrected chi connectivity index (χ0v) is 10.9. The fourth-order valence-corrected chi connectivity index (χ4v) is 2.36. The van der Waals surface area contributed by atoms with Gasteiger partial charge in [0.1, 0.15) is 10.8 Å². The zero-order chi connectivity index (χ0) is 11.8. The Morgan fingerprint density at radius 3 is 2.81 bits per heavy atom. The summed E-state index contributed by atoms with van der Waals surface area (Å²) < 4.78 is 9.59. The molecule has 2 rings (SSSR count). The van der Waals surface area contributed by atoms with Crippen molar-refractivity contribution in [2.75, 3.05) is 24.7 Å². The predicted molar refractivity (Wildman–Crippen MR) is 68.1 cm³/mol. The highest BCUT2D eigenvalue weighted by atomic mass is 32.1. The highest BCUT2D eigenvalue weighted by Crippen LogP contribution is 2.47. The van der Waals surface area contributed by atoms with E-state index in [1.165, 1.54) is 29.9 Å². The maximum absolute atomic E-state index is 5.88. The van der Waals surface area contributed by atoms with Gasteiger partial charge >= 0.3 is 0 Å². The maximum atomic E-state index is 5.88. The second-order valence-corrected chi connectivity index (χ2v) is 5.68. The molecule has 0 unspecified atom stereocenters. The van der Waals surface area contributed by atoms with Crippen molar-refractivity contribution in [2.45, 2.75) is 38.2 Å². The van der Waals surface area contributed by atoms with Gasteiger partial charge in [0.2, 0.25) is 0 Å². The molecule has 3 N–H and O–H groups in total. The van der Waals surface area contributed by atoms with Crippen LogP contribution in [0.5, 0.6) is 0 Å². The zero-order valence-electron chi connectivity index (χ0n) is 10.0. The van der Waals surface area contributed by atoms with Crippen molar-refractivity contribution in [3.05, 3.63) is 5.56 Å². The quantitative estimate of drug-likeness (QED) is 0.831. The molecule has 5 heteroatoms. The third kappa shape index (κ3) is 2.47. The summed E-state index contributed by atoms with van der Waals surface area (Å²) in [4.78, 5) is 0. The van der Waals surface area contributed by atoms with Crippen molar-refractivity contribution in [3.8, 4) is 0 Å². The molecule has 1 aromatic heterocycles. The lowest BCUT2D eigenvalue weighted by Gasteiger charge is -2.23. The normalized spacial score (nSPS) is 16.4. The number of rotatable bonds is 5. The van der Waals surface area contributed by atoms with Crippen LogP contribution in [-0.4, -0.2) is 23.6 Å². The molecular weight excluding hydrogens is 222 g/mol. The fraction of sp³-hybridized carbons (Fsp3) is 0.727. The number of hydrogen-bond donors (Lipinski definition) is 2. The molecule has 1 aromatic rings. The molecule has 16 heavy (non-hydrogen) atoms. The van der Waals surface area contributed by atoms with Gasteiger partial charge in [-0.15, -0.1) is 0 Å². The van der Waals surface area contributed by atoms with Crippen LogP contribution >= 0.6 is 11.5 Å². The summed E-state index contributed by atoms with van der Waals surface area (Å²) in [5.74, 6) is 1.33. The molecule has 1 aliphatic carbocycles. The second kappa shape index (κ2) is 4.22. The van der Waals surface area contributed by atoms with Crippen LogP contribution in [0.1, 0.15) is 38.2 Å². The molecule has 1 saturated carbocycles. The van der Waals surface area contributed by atoms with Crippen molar-refractivity contribution in [1.29, 1.82) is 0 Å². The van der Waals surface area contributed by atoms with E-state index in [0.29, 0.717) is 11.7 Å². The van der Waals surface area contributed by atoms with Crippen LogP contribution in [0.3, 0.4) is 0 Å². The highest BCUT2D eigenvalue weighted by Gasteiger charge is 2.31. The first kappa shape index (κ1) is 11.7. The molecule has 1 aliphatic rings. The molecule has 0 bridgehead atoms. The Hall–Kier alpha value is -0.810. The van der Waals surface area contributed by atoms with E-state index in [-0.39, 0.29) is 5.60 Å². The molecule has 0 atom stereocenters. The summed E-state index contributed by atoms with van der Waals surface area (Å²) in [5, 5.41) is 4.51. The van der Waals surface area contributed by atoms with Crippen molar-refractivity contribution in [1.82, 2.24) is 4.37 Å². The van der Waals surface area contributed by atoms with Crippen LogP contribution in [0.4, 0.5) is 10.8 Å². The minimum atomic E-state index is -0.167. The fourth-order valence-electron chi connectivity index (χ4n) is 1.57.